The number of ether oxygens (including phenoxy) is 2. The van der Waals surface area contributed by atoms with Crippen LogP contribution in [0.5, 0.6) is 0 Å². The first kappa shape index (κ1) is 19.7. The summed E-state index contributed by atoms with van der Waals surface area (Å²) >= 11 is 5.83. The van der Waals surface area contributed by atoms with Gasteiger partial charge in [0, 0.05) is 0 Å². The predicted molar refractivity (Wildman–Crippen MR) is 91.1 cm³/mol. The summed E-state index contributed by atoms with van der Waals surface area (Å²) in [5.41, 5.74) is -0.180. The number of hydrogen-bond acceptors (Lipinski definition) is 5. The first-order valence-electron chi connectivity index (χ1n) is 7.97. The molecule has 1 aromatic rings. The summed E-state index contributed by atoms with van der Waals surface area (Å²) in [7, 11) is 0. The Balaban J connectivity index is 2.26. The summed E-state index contributed by atoms with van der Waals surface area (Å²) in [5.74, 6) is -2.48. The quantitative estimate of drug-likeness (QED) is 0.735. The first-order chi connectivity index (χ1) is 12.4. The molecule has 0 radical (unpaired) electrons. The molecule has 0 unspecified atom stereocenters. The van der Waals surface area contributed by atoms with Gasteiger partial charge in [-0.05, 0) is 25.5 Å². The van der Waals surface area contributed by atoms with Crippen LogP contribution in [0.3, 0.4) is 0 Å². The van der Waals surface area contributed by atoms with Crippen molar-refractivity contribution in [3.05, 3.63) is 45.9 Å². The van der Waals surface area contributed by atoms with E-state index >= 15 is 0 Å². The van der Waals surface area contributed by atoms with Crippen LogP contribution >= 0.6 is 11.6 Å². The Kier molecular flexibility index (Phi) is 6.57. The monoisotopic (exact) mass is 384 g/mol. The summed E-state index contributed by atoms with van der Waals surface area (Å²) in [6.45, 7) is 3.12. The van der Waals surface area contributed by atoms with Crippen molar-refractivity contribution in [1.29, 1.82) is 0 Å². The fourth-order valence-corrected chi connectivity index (χ4v) is 2.72. The second-order valence-corrected chi connectivity index (χ2v) is 5.75. The average molecular weight is 385 g/mol. The van der Waals surface area contributed by atoms with Crippen LogP contribution < -0.4 is 10.6 Å². The molecule has 0 saturated heterocycles. The van der Waals surface area contributed by atoms with Gasteiger partial charge in [-0.1, -0.05) is 24.6 Å². The second-order valence-electron chi connectivity index (χ2n) is 5.34. The van der Waals surface area contributed by atoms with Crippen LogP contribution in [-0.2, 0) is 14.3 Å². The third kappa shape index (κ3) is 4.32. The molecule has 0 bridgehead atoms. The number of benzene rings is 1. The van der Waals surface area contributed by atoms with E-state index in [1.165, 1.54) is 12.1 Å². The summed E-state index contributed by atoms with van der Waals surface area (Å²) in [6.07, 6.45) is 0.429. The predicted octanol–water partition coefficient (Wildman–Crippen LogP) is 2.54. The highest BCUT2D eigenvalue weighted by Gasteiger charge is 2.32. The van der Waals surface area contributed by atoms with E-state index in [0.29, 0.717) is 6.42 Å². The number of esters is 2. The fourth-order valence-electron chi connectivity index (χ4n) is 2.48. The zero-order chi connectivity index (χ0) is 19.3. The van der Waals surface area contributed by atoms with Crippen LogP contribution in [0.15, 0.2) is 29.5 Å². The lowest BCUT2D eigenvalue weighted by molar-refractivity contribution is -0.139. The minimum Gasteiger partial charge on any atom is -0.463 e. The molecule has 2 rings (SSSR count). The Bertz CT molecular complexity index is 745. The molecule has 0 aliphatic carbocycles. The number of nitrogens with one attached hydrogen (secondary N) is 2. The highest BCUT2D eigenvalue weighted by molar-refractivity contribution is 6.33. The topological polar surface area (TPSA) is 93.7 Å². The van der Waals surface area contributed by atoms with Gasteiger partial charge in [0.25, 0.3) is 0 Å². The van der Waals surface area contributed by atoms with E-state index in [1.807, 2.05) is 0 Å². The molecule has 2 N–H and O–H groups in total. The molecule has 2 amide bonds. The van der Waals surface area contributed by atoms with Crippen LogP contribution in [0, 0.1) is 5.82 Å². The maximum absolute atomic E-state index is 13.8. The molecule has 7 nitrogen and oxygen atoms in total. The molecule has 0 aromatic heterocycles. The number of amides is 2. The summed E-state index contributed by atoms with van der Waals surface area (Å²) < 4.78 is 23.9. The SMILES string of the molecule is CCOC(=O)C1=C(COC(=O)c2c(F)cccc2Cl)NC(=O)N[C@@H]1CC. The molecule has 1 aliphatic heterocycles. The van der Waals surface area contributed by atoms with Crippen molar-refractivity contribution >= 4 is 29.6 Å². The van der Waals surface area contributed by atoms with Gasteiger partial charge in [-0.3, -0.25) is 0 Å². The van der Waals surface area contributed by atoms with Gasteiger partial charge >= 0.3 is 18.0 Å². The first-order valence-corrected chi connectivity index (χ1v) is 8.35. The van der Waals surface area contributed by atoms with Crippen LogP contribution in [0.4, 0.5) is 9.18 Å². The van der Waals surface area contributed by atoms with Gasteiger partial charge in [0.05, 0.1) is 28.9 Å². The summed E-state index contributed by atoms with van der Waals surface area (Å²) in [6, 6.07) is 2.65. The molecule has 140 valence electrons. The molecular weight excluding hydrogens is 367 g/mol. The third-order valence-electron chi connectivity index (χ3n) is 3.66. The molecule has 1 heterocycles. The maximum atomic E-state index is 13.8. The van der Waals surface area contributed by atoms with Crippen molar-refractivity contribution < 1.29 is 28.2 Å². The van der Waals surface area contributed by atoms with E-state index < -0.39 is 42.0 Å². The van der Waals surface area contributed by atoms with Gasteiger partial charge in [-0.15, -0.1) is 0 Å². The Hall–Kier alpha value is -2.61. The van der Waals surface area contributed by atoms with Crippen molar-refractivity contribution in [2.75, 3.05) is 13.2 Å². The molecule has 0 fully saturated rings. The van der Waals surface area contributed by atoms with Crippen LogP contribution in [0.25, 0.3) is 0 Å². The zero-order valence-electron chi connectivity index (χ0n) is 14.2. The van der Waals surface area contributed by atoms with E-state index in [4.69, 9.17) is 21.1 Å². The van der Waals surface area contributed by atoms with Crippen molar-refractivity contribution in [1.82, 2.24) is 10.6 Å². The number of hydrogen-bond donors (Lipinski definition) is 2. The van der Waals surface area contributed by atoms with Gasteiger partial charge in [0.1, 0.15) is 18.0 Å². The molecule has 1 aromatic carbocycles. The molecule has 9 heteroatoms. The largest absolute Gasteiger partial charge is 0.463 e. The van der Waals surface area contributed by atoms with E-state index in [0.717, 1.165) is 6.07 Å². The fraction of sp³-hybridized carbons (Fsp3) is 0.353. The molecule has 0 spiro atoms. The minimum absolute atomic E-state index is 0.0832. The van der Waals surface area contributed by atoms with Crippen LogP contribution in [0.1, 0.15) is 30.6 Å². The van der Waals surface area contributed by atoms with Gasteiger partial charge < -0.3 is 20.1 Å². The average Bonchev–Trinajstić information content (AvgIpc) is 2.59. The number of urea groups is 1. The Morgan fingerprint density at radius 2 is 1.96 bits per heavy atom. The Morgan fingerprint density at radius 3 is 2.58 bits per heavy atom. The lowest BCUT2D eigenvalue weighted by atomic mass is 10.0. The van der Waals surface area contributed by atoms with E-state index in [9.17, 15) is 18.8 Å². The number of halogens is 2. The van der Waals surface area contributed by atoms with E-state index in [1.54, 1.807) is 13.8 Å². The van der Waals surface area contributed by atoms with E-state index in [-0.39, 0.29) is 22.9 Å². The van der Waals surface area contributed by atoms with Gasteiger partial charge in [-0.25, -0.2) is 18.8 Å². The Morgan fingerprint density at radius 1 is 1.23 bits per heavy atom. The highest BCUT2D eigenvalue weighted by Crippen LogP contribution is 2.21. The lowest BCUT2D eigenvalue weighted by Gasteiger charge is -2.28. The molecule has 0 saturated carbocycles. The Labute approximate surface area is 154 Å². The van der Waals surface area contributed by atoms with E-state index in [2.05, 4.69) is 10.6 Å². The van der Waals surface area contributed by atoms with Crippen molar-refractivity contribution in [3.8, 4) is 0 Å². The molecule has 1 aliphatic rings. The van der Waals surface area contributed by atoms with Crippen molar-refractivity contribution in [2.24, 2.45) is 0 Å². The van der Waals surface area contributed by atoms with Crippen LogP contribution in [-0.4, -0.2) is 37.2 Å². The number of carbonyl (C=O) groups is 3. The third-order valence-corrected chi connectivity index (χ3v) is 3.98. The number of carbonyl (C=O) groups excluding carboxylic acids is 3. The van der Waals surface area contributed by atoms with Crippen LogP contribution in [0.2, 0.25) is 5.02 Å². The molecule has 1 atom stereocenters. The number of rotatable bonds is 6. The smallest absolute Gasteiger partial charge is 0.343 e. The molecular formula is C17H18ClFN2O5. The second kappa shape index (κ2) is 8.66. The van der Waals surface area contributed by atoms with Gasteiger partial charge in [0.15, 0.2) is 0 Å². The summed E-state index contributed by atoms with van der Waals surface area (Å²) in [5, 5.41) is 4.92. The zero-order valence-corrected chi connectivity index (χ0v) is 15.0. The summed E-state index contributed by atoms with van der Waals surface area (Å²) in [4.78, 5) is 36.1. The normalized spacial score (nSPS) is 16.6. The molecule has 26 heavy (non-hydrogen) atoms. The van der Waals surface area contributed by atoms with Gasteiger partial charge in [0.2, 0.25) is 0 Å². The van der Waals surface area contributed by atoms with Crippen molar-refractivity contribution in [2.45, 2.75) is 26.3 Å². The lowest BCUT2D eigenvalue weighted by Crippen LogP contribution is -2.51. The highest BCUT2D eigenvalue weighted by atomic mass is 35.5. The van der Waals surface area contributed by atoms with Crippen molar-refractivity contribution in [3.63, 3.8) is 0 Å². The maximum Gasteiger partial charge on any atom is 0.343 e. The minimum atomic E-state index is -1.01. The standard InChI is InChI=1S/C17H18ClFN2O5/c1-3-11-14(16(23)25-4-2)12(21-17(24)20-11)8-26-15(22)13-9(18)6-5-7-10(13)19/h5-7,11H,3-4,8H2,1-2H3,(H2,20,21,24)/t11-/m1/s1. The van der Waals surface area contributed by atoms with Gasteiger partial charge in [-0.2, -0.15) is 0 Å².